The van der Waals surface area contributed by atoms with E-state index in [-0.39, 0.29) is 0 Å². The van der Waals surface area contributed by atoms with Gasteiger partial charge in [-0.1, -0.05) is 0 Å². The second kappa shape index (κ2) is 3.39. The highest BCUT2D eigenvalue weighted by molar-refractivity contribution is 5.80. The monoisotopic (exact) mass is 182 g/mol. The first kappa shape index (κ1) is 9.16. The van der Waals surface area contributed by atoms with E-state index in [9.17, 15) is 4.79 Å². The molecule has 1 saturated heterocycles. The standard InChI is InChI=1S/C10H18N2O/c1-11-5-6-12(2)10-7-8(13)3-4-9(10)11/h9-10H,3-7H2,1-2H3. The molecule has 1 heterocycles. The minimum atomic E-state index is 0.448. The van der Waals surface area contributed by atoms with Gasteiger partial charge < -0.3 is 9.80 Å². The van der Waals surface area contributed by atoms with Crippen LogP contribution >= 0.6 is 0 Å². The number of ketones is 1. The molecule has 0 radical (unpaired) electrons. The number of Topliss-reactive ketones (excluding diaryl/α,β-unsaturated/α-hetero) is 1. The van der Waals surface area contributed by atoms with Gasteiger partial charge in [0.1, 0.15) is 5.78 Å². The molecule has 2 fully saturated rings. The van der Waals surface area contributed by atoms with Crippen LogP contribution in [0.15, 0.2) is 0 Å². The molecule has 0 aromatic heterocycles. The quantitative estimate of drug-likeness (QED) is 0.540. The molecule has 13 heavy (non-hydrogen) atoms. The number of piperazine rings is 1. The SMILES string of the molecule is CN1CCN(C)C2CC(=O)CCC21. The van der Waals surface area contributed by atoms with Crippen LogP contribution < -0.4 is 0 Å². The zero-order chi connectivity index (χ0) is 9.42. The summed E-state index contributed by atoms with van der Waals surface area (Å²) in [6.07, 6.45) is 2.62. The van der Waals surface area contributed by atoms with Crippen molar-refractivity contribution in [3.8, 4) is 0 Å². The van der Waals surface area contributed by atoms with Crippen molar-refractivity contribution < 1.29 is 4.79 Å². The van der Waals surface area contributed by atoms with E-state index in [4.69, 9.17) is 0 Å². The van der Waals surface area contributed by atoms with Gasteiger partial charge in [-0.15, -0.1) is 0 Å². The van der Waals surface area contributed by atoms with Gasteiger partial charge in [-0.3, -0.25) is 4.79 Å². The summed E-state index contributed by atoms with van der Waals surface area (Å²) in [4.78, 5) is 16.1. The highest BCUT2D eigenvalue weighted by Crippen LogP contribution is 2.26. The Kier molecular flexibility index (Phi) is 2.39. The number of likely N-dealkylation sites (N-methyl/N-ethyl adjacent to an activating group) is 2. The van der Waals surface area contributed by atoms with E-state index in [2.05, 4.69) is 23.9 Å². The first-order valence-electron chi connectivity index (χ1n) is 5.10. The van der Waals surface area contributed by atoms with Crippen LogP contribution in [-0.2, 0) is 4.79 Å². The molecule has 3 nitrogen and oxygen atoms in total. The number of hydrogen-bond donors (Lipinski definition) is 0. The highest BCUT2D eigenvalue weighted by Gasteiger charge is 2.37. The molecule has 3 heteroatoms. The maximum atomic E-state index is 11.3. The smallest absolute Gasteiger partial charge is 0.134 e. The van der Waals surface area contributed by atoms with Crippen LogP contribution in [0.2, 0.25) is 0 Å². The molecular weight excluding hydrogens is 164 g/mol. The van der Waals surface area contributed by atoms with E-state index in [0.717, 1.165) is 32.4 Å². The van der Waals surface area contributed by atoms with Crippen molar-refractivity contribution in [1.29, 1.82) is 0 Å². The molecule has 0 spiro atoms. The van der Waals surface area contributed by atoms with Gasteiger partial charge in [0.15, 0.2) is 0 Å². The van der Waals surface area contributed by atoms with Crippen molar-refractivity contribution in [2.45, 2.75) is 31.3 Å². The summed E-state index contributed by atoms with van der Waals surface area (Å²) < 4.78 is 0. The Morgan fingerprint density at radius 2 is 1.77 bits per heavy atom. The summed E-state index contributed by atoms with van der Waals surface area (Å²) in [7, 11) is 4.32. The van der Waals surface area contributed by atoms with Crippen LogP contribution in [0.25, 0.3) is 0 Å². The Bertz CT molecular complexity index is 217. The molecule has 1 aliphatic carbocycles. The Morgan fingerprint density at radius 1 is 1.15 bits per heavy atom. The average molecular weight is 182 g/mol. The van der Waals surface area contributed by atoms with Crippen molar-refractivity contribution in [3.63, 3.8) is 0 Å². The van der Waals surface area contributed by atoms with Gasteiger partial charge in [0.25, 0.3) is 0 Å². The first-order chi connectivity index (χ1) is 6.18. The first-order valence-corrected chi connectivity index (χ1v) is 5.10. The summed E-state index contributed by atoms with van der Waals surface area (Å²) in [5.74, 6) is 0.448. The molecule has 0 aromatic carbocycles. The van der Waals surface area contributed by atoms with Crippen LogP contribution in [0.3, 0.4) is 0 Å². The maximum absolute atomic E-state index is 11.3. The van der Waals surface area contributed by atoms with Gasteiger partial charge in [-0.25, -0.2) is 0 Å². The van der Waals surface area contributed by atoms with E-state index in [1.807, 2.05) is 0 Å². The molecular formula is C10H18N2O. The zero-order valence-electron chi connectivity index (χ0n) is 8.49. The Balaban J connectivity index is 2.10. The number of fused-ring (bicyclic) bond motifs is 1. The zero-order valence-corrected chi connectivity index (χ0v) is 8.49. The van der Waals surface area contributed by atoms with Crippen molar-refractivity contribution in [2.24, 2.45) is 0 Å². The van der Waals surface area contributed by atoms with Crippen molar-refractivity contribution in [2.75, 3.05) is 27.2 Å². The summed E-state index contributed by atoms with van der Waals surface area (Å²) in [6.45, 7) is 2.25. The Hall–Kier alpha value is -0.410. The third-order valence-corrected chi connectivity index (χ3v) is 3.54. The average Bonchev–Trinajstić information content (AvgIpc) is 2.12. The van der Waals surface area contributed by atoms with Crippen molar-refractivity contribution >= 4 is 5.78 Å². The summed E-state index contributed by atoms with van der Waals surface area (Å²) >= 11 is 0. The lowest BCUT2D eigenvalue weighted by Crippen LogP contribution is -2.59. The Labute approximate surface area is 79.7 Å². The van der Waals surface area contributed by atoms with Crippen LogP contribution in [0.1, 0.15) is 19.3 Å². The molecule has 2 rings (SSSR count). The number of carbonyl (C=O) groups excluding carboxylic acids is 1. The van der Waals surface area contributed by atoms with Crippen molar-refractivity contribution in [3.05, 3.63) is 0 Å². The van der Waals surface area contributed by atoms with Crippen LogP contribution in [0.5, 0.6) is 0 Å². The van der Waals surface area contributed by atoms with E-state index < -0.39 is 0 Å². The lowest BCUT2D eigenvalue weighted by Gasteiger charge is -2.46. The number of carbonyl (C=O) groups is 1. The predicted octanol–water partition coefficient (Wildman–Crippen LogP) is 0.354. The van der Waals surface area contributed by atoms with Gasteiger partial charge in [0.2, 0.25) is 0 Å². The van der Waals surface area contributed by atoms with Crippen molar-refractivity contribution in [1.82, 2.24) is 9.80 Å². The molecule has 1 aliphatic heterocycles. The lowest BCUT2D eigenvalue weighted by atomic mass is 9.86. The summed E-state index contributed by atoms with van der Waals surface area (Å²) in [5.41, 5.74) is 0. The van der Waals surface area contributed by atoms with Gasteiger partial charge in [0, 0.05) is 38.0 Å². The molecule has 0 N–H and O–H groups in total. The molecule has 2 atom stereocenters. The molecule has 0 aromatic rings. The fraction of sp³-hybridized carbons (Fsp3) is 0.900. The second-order valence-corrected chi connectivity index (χ2v) is 4.38. The fourth-order valence-electron chi connectivity index (χ4n) is 2.58. The topological polar surface area (TPSA) is 23.6 Å². The number of hydrogen-bond acceptors (Lipinski definition) is 3. The van der Waals surface area contributed by atoms with Crippen LogP contribution in [-0.4, -0.2) is 54.9 Å². The highest BCUT2D eigenvalue weighted by atomic mass is 16.1. The van der Waals surface area contributed by atoms with Gasteiger partial charge in [0.05, 0.1) is 0 Å². The van der Waals surface area contributed by atoms with Gasteiger partial charge in [-0.05, 0) is 20.5 Å². The molecule has 0 bridgehead atoms. The maximum Gasteiger partial charge on any atom is 0.134 e. The number of rotatable bonds is 0. The van der Waals surface area contributed by atoms with Gasteiger partial charge >= 0.3 is 0 Å². The Morgan fingerprint density at radius 3 is 2.46 bits per heavy atom. The predicted molar refractivity (Wildman–Crippen MR) is 51.7 cm³/mol. The third kappa shape index (κ3) is 1.63. The van der Waals surface area contributed by atoms with E-state index in [1.165, 1.54) is 0 Å². The van der Waals surface area contributed by atoms with E-state index in [1.54, 1.807) is 0 Å². The summed E-state index contributed by atoms with van der Waals surface area (Å²) in [5, 5.41) is 0. The molecule has 2 unspecified atom stereocenters. The van der Waals surface area contributed by atoms with E-state index >= 15 is 0 Å². The largest absolute Gasteiger partial charge is 0.301 e. The summed E-state index contributed by atoms with van der Waals surface area (Å²) in [6, 6.07) is 1.11. The van der Waals surface area contributed by atoms with Gasteiger partial charge in [-0.2, -0.15) is 0 Å². The fourth-order valence-corrected chi connectivity index (χ4v) is 2.58. The third-order valence-electron chi connectivity index (χ3n) is 3.54. The molecule has 1 saturated carbocycles. The lowest BCUT2D eigenvalue weighted by molar-refractivity contribution is -0.124. The van der Waals surface area contributed by atoms with E-state index in [0.29, 0.717) is 17.9 Å². The minimum Gasteiger partial charge on any atom is -0.301 e. The normalized spacial score (nSPS) is 37.5. The van der Waals surface area contributed by atoms with Crippen LogP contribution in [0, 0.1) is 0 Å². The molecule has 2 aliphatic rings. The molecule has 74 valence electrons. The van der Waals surface area contributed by atoms with Crippen LogP contribution in [0.4, 0.5) is 0 Å². The minimum absolute atomic E-state index is 0.448. The number of nitrogens with zero attached hydrogens (tertiary/aromatic N) is 2. The second-order valence-electron chi connectivity index (χ2n) is 4.38. The molecule has 0 amide bonds.